The third-order valence-electron chi connectivity index (χ3n) is 3.84. The van der Waals surface area contributed by atoms with Crippen LogP contribution in [-0.2, 0) is 0 Å². The third kappa shape index (κ3) is 1.58. The van der Waals surface area contributed by atoms with Crippen molar-refractivity contribution in [2.24, 2.45) is 0 Å². The monoisotopic (exact) mass is 244 g/mol. The molecule has 0 spiro atoms. The topological polar surface area (TPSA) is 53.7 Å². The zero-order chi connectivity index (χ0) is 12.1. The van der Waals surface area contributed by atoms with Gasteiger partial charge in [0.25, 0.3) is 0 Å². The number of hydrogen-bond acceptors (Lipinski definition) is 4. The van der Waals surface area contributed by atoms with Crippen molar-refractivity contribution in [2.75, 3.05) is 18.0 Å². The quantitative estimate of drug-likeness (QED) is 0.862. The Balaban J connectivity index is 1.83. The molecular weight excluding hydrogens is 228 g/mol. The average Bonchev–Trinajstić information content (AvgIpc) is 2.96. The minimum Gasteiger partial charge on any atom is -0.391 e. The van der Waals surface area contributed by atoms with Crippen LogP contribution in [0.15, 0.2) is 18.3 Å². The normalized spacial score (nSPS) is 24.1. The van der Waals surface area contributed by atoms with Gasteiger partial charge in [-0.2, -0.15) is 9.61 Å². The first kappa shape index (κ1) is 10.3. The zero-order valence-corrected chi connectivity index (χ0v) is 10.2. The van der Waals surface area contributed by atoms with Gasteiger partial charge in [-0.3, -0.25) is 0 Å². The van der Waals surface area contributed by atoms with Gasteiger partial charge in [-0.05, 0) is 19.3 Å². The second-order valence-electron chi connectivity index (χ2n) is 5.30. The number of aromatic nitrogens is 3. The second kappa shape index (κ2) is 3.68. The first-order chi connectivity index (χ1) is 8.81. The van der Waals surface area contributed by atoms with Crippen LogP contribution in [-0.4, -0.2) is 38.9 Å². The van der Waals surface area contributed by atoms with E-state index in [9.17, 15) is 5.11 Å². The lowest BCUT2D eigenvalue weighted by Crippen LogP contribution is -2.24. The molecule has 2 fully saturated rings. The van der Waals surface area contributed by atoms with E-state index in [0.29, 0.717) is 12.5 Å². The SMILES string of the molecule is OC1CCN(c2cc(C3CC3)nc3ccnn23)C1. The Morgan fingerprint density at radius 3 is 2.89 bits per heavy atom. The standard InChI is InChI=1S/C13H16N4O/c18-10-4-6-16(8-10)13-7-11(9-1-2-9)15-12-3-5-14-17(12)13/h3,5,7,9-10,18H,1-2,4,6,8H2. The molecule has 1 N–H and O–H groups in total. The van der Waals surface area contributed by atoms with Crippen molar-refractivity contribution in [3.8, 4) is 0 Å². The molecule has 4 rings (SSSR count). The summed E-state index contributed by atoms with van der Waals surface area (Å²) >= 11 is 0. The van der Waals surface area contributed by atoms with Crippen molar-refractivity contribution in [3.63, 3.8) is 0 Å². The zero-order valence-electron chi connectivity index (χ0n) is 10.2. The van der Waals surface area contributed by atoms with E-state index in [2.05, 4.69) is 21.0 Å². The van der Waals surface area contributed by atoms with Crippen LogP contribution < -0.4 is 4.90 Å². The molecule has 3 heterocycles. The van der Waals surface area contributed by atoms with Gasteiger partial charge in [-0.15, -0.1) is 0 Å². The summed E-state index contributed by atoms with van der Waals surface area (Å²) in [6.45, 7) is 1.59. The van der Waals surface area contributed by atoms with E-state index in [0.717, 1.165) is 24.4 Å². The summed E-state index contributed by atoms with van der Waals surface area (Å²) in [6.07, 6.45) is 4.91. The van der Waals surface area contributed by atoms with Gasteiger partial charge >= 0.3 is 0 Å². The molecule has 1 saturated carbocycles. The lowest BCUT2D eigenvalue weighted by molar-refractivity contribution is 0.198. The van der Waals surface area contributed by atoms with E-state index in [1.165, 1.54) is 18.5 Å². The smallest absolute Gasteiger partial charge is 0.157 e. The van der Waals surface area contributed by atoms with Crippen LogP contribution in [0.5, 0.6) is 0 Å². The minimum absolute atomic E-state index is 0.215. The van der Waals surface area contributed by atoms with E-state index in [1.807, 2.05) is 10.6 Å². The maximum Gasteiger partial charge on any atom is 0.157 e. The number of β-amino-alcohol motifs (C(OH)–C–C–N with tert-alkyl or cyclic N) is 1. The molecule has 1 unspecified atom stereocenters. The van der Waals surface area contributed by atoms with Crippen LogP contribution in [0, 0.1) is 0 Å². The maximum atomic E-state index is 9.69. The Morgan fingerprint density at radius 1 is 1.28 bits per heavy atom. The van der Waals surface area contributed by atoms with Gasteiger partial charge < -0.3 is 10.0 Å². The largest absolute Gasteiger partial charge is 0.391 e. The summed E-state index contributed by atoms with van der Waals surface area (Å²) in [5, 5.41) is 14.0. The highest BCUT2D eigenvalue weighted by Crippen LogP contribution is 2.40. The van der Waals surface area contributed by atoms with E-state index in [-0.39, 0.29) is 6.10 Å². The third-order valence-corrected chi connectivity index (χ3v) is 3.84. The van der Waals surface area contributed by atoms with Crippen molar-refractivity contribution < 1.29 is 5.11 Å². The number of anilines is 1. The van der Waals surface area contributed by atoms with E-state index < -0.39 is 0 Å². The Bertz CT molecular complexity index is 590. The van der Waals surface area contributed by atoms with E-state index in [4.69, 9.17) is 0 Å². The fourth-order valence-corrected chi connectivity index (χ4v) is 2.68. The highest BCUT2D eigenvalue weighted by Gasteiger charge is 2.28. The molecule has 2 aliphatic rings. The molecule has 18 heavy (non-hydrogen) atoms. The lowest BCUT2D eigenvalue weighted by atomic mass is 10.2. The van der Waals surface area contributed by atoms with Crippen LogP contribution in [0.2, 0.25) is 0 Å². The molecule has 94 valence electrons. The summed E-state index contributed by atoms with van der Waals surface area (Å²) in [5.74, 6) is 1.71. The molecule has 5 nitrogen and oxygen atoms in total. The highest BCUT2D eigenvalue weighted by atomic mass is 16.3. The second-order valence-corrected chi connectivity index (χ2v) is 5.30. The lowest BCUT2D eigenvalue weighted by Gasteiger charge is -2.19. The summed E-state index contributed by atoms with van der Waals surface area (Å²) < 4.78 is 1.88. The first-order valence-electron chi connectivity index (χ1n) is 6.59. The van der Waals surface area contributed by atoms with E-state index in [1.54, 1.807) is 6.20 Å². The summed E-state index contributed by atoms with van der Waals surface area (Å²) in [7, 11) is 0. The molecule has 0 radical (unpaired) electrons. The van der Waals surface area contributed by atoms with Crippen LogP contribution in [0.4, 0.5) is 5.82 Å². The molecule has 2 aromatic rings. The predicted molar refractivity (Wildman–Crippen MR) is 67.8 cm³/mol. The van der Waals surface area contributed by atoms with Crippen LogP contribution in [0.3, 0.4) is 0 Å². The van der Waals surface area contributed by atoms with E-state index >= 15 is 0 Å². The molecule has 1 atom stereocenters. The molecule has 0 bridgehead atoms. The molecule has 5 heteroatoms. The molecule has 1 aliphatic carbocycles. The minimum atomic E-state index is -0.215. The Morgan fingerprint density at radius 2 is 2.17 bits per heavy atom. The first-order valence-corrected chi connectivity index (χ1v) is 6.59. The number of rotatable bonds is 2. The Labute approximate surface area is 105 Å². The molecule has 1 saturated heterocycles. The number of aliphatic hydroxyl groups is 1. The van der Waals surface area contributed by atoms with Crippen molar-refractivity contribution in [2.45, 2.75) is 31.3 Å². The Kier molecular flexibility index (Phi) is 2.11. The predicted octanol–water partition coefficient (Wildman–Crippen LogP) is 1.18. The van der Waals surface area contributed by atoms with Gasteiger partial charge in [0.1, 0.15) is 5.82 Å². The van der Waals surface area contributed by atoms with Gasteiger partial charge in [0.05, 0.1) is 12.3 Å². The average molecular weight is 244 g/mol. The van der Waals surface area contributed by atoms with Gasteiger partial charge in [-0.25, -0.2) is 4.98 Å². The molecule has 0 amide bonds. The van der Waals surface area contributed by atoms with Crippen molar-refractivity contribution in [1.29, 1.82) is 0 Å². The van der Waals surface area contributed by atoms with Crippen LogP contribution >= 0.6 is 0 Å². The number of nitrogens with zero attached hydrogens (tertiary/aromatic N) is 4. The van der Waals surface area contributed by atoms with Crippen LogP contribution in [0.25, 0.3) is 5.65 Å². The molecule has 2 aromatic heterocycles. The van der Waals surface area contributed by atoms with Crippen molar-refractivity contribution in [1.82, 2.24) is 14.6 Å². The van der Waals surface area contributed by atoms with Crippen LogP contribution in [0.1, 0.15) is 30.9 Å². The number of aliphatic hydroxyl groups excluding tert-OH is 1. The molecule has 0 aromatic carbocycles. The highest BCUT2D eigenvalue weighted by molar-refractivity contribution is 5.52. The molecule has 1 aliphatic heterocycles. The fourth-order valence-electron chi connectivity index (χ4n) is 2.68. The van der Waals surface area contributed by atoms with Gasteiger partial charge in [0.2, 0.25) is 0 Å². The maximum absolute atomic E-state index is 9.69. The summed E-state index contributed by atoms with van der Waals surface area (Å²) in [6, 6.07) is 4.09. The number of hydrogen-bond donors (Lipinski definition) is 1. The fraction of sp³-hybridized carbons (Fsp3) is 0.538. The van der Waals surface area contributed by atoms with Gasteiger partial charge in [0, 0.05) is 36.8 Å². The summed E-state index contributed by atoms with van der Waals surface area (Å²) in [5.41, 5.74) is 2.09. The van der Waals surface area contributed by atoms with Crippen molar-refractivity contribution in [3.05, 3.63) is 24.0 Å². The van der Waals surface area contributed by atoms with Gasteiger partial charge in [0.15, 0.2) is 5.65 Å². The van der Waals surface area contributed by atoms with Crippen molar-refractivity contribution >= 4 is 11.5 Å². The summed E-state index contributed by atoms with van der Waals surface area (Å²) in [4.78, 5) is 6.87. The Hall–Kier alpha value is -1.62. The molecular formula is C13H16N4O. The van der Waals surface area contributed by atoms with Gasteiger partial charge in [-0.1, -0.05) is 0 Å². The number of fused-ring (bicyclic) bond motifs is 1.